The maximum absolute atomic E-state index is 5.44. The lowest BCUT2D eigenvalue weighted by Gasteiger charge is -2.13. The topological polar surface area (TPSA) is 80.9 Å². The van der Waals surface area contributed by atoms with Crippen LogP contribution in [0.1, 0.15) is 6.42 Å². The van der Waals surface area contributed by atoms with Crippen LogP contribution in [0.25, 0.3) is 0 Å². The molecular formula is C12H19BrN4O2. The fourth-order valence-electron chi connectivity index (χ4n) is 1.43. The minimum absolute atomic E-state index is 0.479. The molecule has 1 aromatic carbocycles. The molecule has 1 rings (SSSR count). The van der Waals surface area contributed by atoms with Crippen molar-refractivity contribution >= 4 is 27.6 Å². The van der Waals surface area contributed by atoms with Gasteiger partial charge in [0.15, 0.2) is 0 Å². The molecule has 0 unspecified atom stereocenters. The molecule has 106 valence electrons. The van der Waals surface area contributed by atoms with Gasteiger partial charge in [-0.15, -0.1) is 0 Å². The highest BCUT2D eigenvalue weighted by molar-refractivity contribution is 9.10. The molecule has 7 heteroatoms. The number of hydrogen-bond acceptors (Lipinski definition) is 4. The summed E-state index contributed by atoms with van der Waals surface area (Å²) in [6, 6.07) is 5.64. The lowest BCUT2D eigenvalue weighted by atomic mass is 10.3. The molecule has 4 N–H and O–H groups in total. The van der Waals surface area contributed by atoms with Crippen molar-refractivity contribution in [2.75, 3.05) is 32.7 Å². The first kappa shape index (κ1) is 15.7. The fraction of sp³-hybridized carbons (Fsp3) is 0.417. The Labute approximate surface area is 121 Å². The third-order valence-electron chi connectivity index (χ3n) is 2.33. The second kappa shape index (κ2) is 8.73. The van der Waals surface area contributed by atoms with Crippen LogP contribution in [0.15, 0.2) is 27.7 Å². The Hall–Kier alpha value is -1.31. The zero-order valence-corrected chi connectivity index (χ0v) is 12.7. The van der Waals surface area contributed by atoms with Gasteiger partial charge in [0, 0.05) is 24.7 Å². The second-order valence-corrected chi connectivity index (χ2v) is 4.61. The number of hydrazine groups is 1. The van der Waals surface area contributed by atoms with Crippen LogP contribution in [0.2, 0.25) is 0 Å². The predicted octanol–water partition coefficient (Wildman–Crippen LogP) is 1.73. The quantitative estimate of drug-likeness (QED) is 0.243. The fourth-order valence-corrected chi connectivity index (χ4v) is 1.79. The number of rotatable bonds is 6. The summed E-state index contributed by atoms with van der Waals surface area (Å²) in [6.45, 7) is 1.29. The summed E-state index contributed by atoms with van der Waals surface area (Å²) < 4.78 is 11.2. The Morgan fingerprint density at radius 3 is 2.84 bits per heavy atom. The summed E-state index contributed by atoms with van der Waals surface area (Å²) in [6.07, 6.45) is 0.832. The Kier molecular flexibility index (Phi) is 7.24. The number of anilines is 1. The zero-order chi connectivity index (χ0) is 14.1. The summed E-state index contributed by atoms with van der Waals surface area (Å²) in [4.78, 5) is 4.30. The molecule has 1 aromatic rings. The molecule has 0 aliphatic carbocycles. The first-order chi connectivity index (χ1) is 9.21. The van der Waals surface area contributed by atoms with Gasteiger partial charge in [0.1, 0.15) is 5.75 Å². The van der Waals surface area contributed by atoms with Crippen molar-refractivity contribution in [3.63, 3.8) is 0 Å². The molecule has 0 fully saturated rings. The number of methoxy groups -OCH3 is 2. The molecule has 0 saturated heterocycles. The van der Waals surface area contributed by atoms with Crippen molar-refractivity contribution in [3.05, 3.63) is 22.7 Å². The highest BCUT2D eigenvalue weighted by Gasteiger charge is 2.05. The average Bonchev–Trinajstić information content (AvgIpc) is 2.42. The van der Waals surface area contributed by atoms with Crippen molar-refractivity contribution in [2.24, 2.45) is 10.8 Å². The normalized spacial score (nSPS) is 11.3. The van der Waals surface area contributed by atoms with Gasteiger partial charge in [0.25, 0.3) is 0 Å². The van der Waals surface area contributed by atoms with Crippen LogP contribution >= 0.6 is 15.9 Å². The van der Waals surface area contributed by atoms with E-state index >= 15 is 0 Å². The van der Waals surface area contributed by atoms with Crippen LogP contribution in [0.3, 0.4) is 0 Å². The number of aliphatic imine (C=N–C) groups is 1. The zero-order valence-electron chi connectivity index (χ0n) is 11.1. The molecule has 0 aliphatic heterocycles. The molecule has 0 saturated carbocycles. The van der Waals surface area contributed by atoms with Crippen LogP contribution in [-0.2, 0) is 4.74 Å². The highest BCUT2D eigenvalue weighted by atomic mass is 79.9. The third kappa shape index (κ3) is 5.46. The molecule has 0 atom stereocenters. The van der Waals surface area contributed by atoms with Crippen LogP contribution in [0, 0.1) is 0 Å². The van der Waals surface area contributed by atoms with Gasteiger partial charge in [0.2, 0.25) is 5.96 Å². The molecular weight excluding hydrogens is 312 g/mol. The van der Waals surface area contributed by atoms with Crippen LogP contribution in [0.5, 0.6) is 5.75 Å². The Morgan fingerprint density at radius 2 is 2.21 bits per heavy atom. The summed E-state index contributed by atoms with van der Waals surface area (Å²) in [5.74, 6) is 6.63. The van der Waals surface area contributed by atoms with Gasteiger partial charge >= 0.3 is 0 Å². The number of guanidine groups is 1. The number of nitrogens with two attached hydrogens (primary N) is 1. The number of ether oxygens (including phenoxy) is 2. The second-order valence-electron chi connectivity index (χ2n) is 3.69. The molecule has 6 nitrogen and oxygen atoms in total. The Morgan fingerprint density at radius 1 is 1.42 bits per heavy atom. The van der Waals surface area contributed by atoms with Gasteiger partial charge in [-0.05, 0) is 24.6 Å². The van der Waals surface area contributed by atoms with E-state index in [1.54, 1.807) is 14.2 Å². The van der Waals surface area contributed by atoms with Gasteiger partial charge in [-0.2, -0.15) is 0 Å². The van der Waals surface area contributed by atoms with Crippen LogP contribution in [0.4, 0.5) is 5.69 Å². The summed E-state index contributed by atoms with van der Waals surface area (Å²) in [5, 5.41) is 3.08. The van der Waals surface area contributed by atoms with Crippen molar-refractivity contribution in [1.29, 1.82) is 0 Å². The van der Waals surface area contributed by atoms with Gasteiger partial charge in [-0.25, -0.2) is 5.84 Å². The summed E-state index contributed by atoms with van der Waals surface area (Å²) in [7, 11) is 3.27. The van der Waals surface area contributed by atoms with Gasteiger partial charge in [-0.3, -0.25) is 10.4 Å². The lowest BCUT2D eigenvalue weighted by molar-refractivity contribution is 0.197. The molecule has 0 spiro atoms. The molecule has 0 aromatic heterocycles. The van der Waals surface area contributed by atoms with E-state index in [4.69, 9.17) is 15.3 Å². The standard InChI is InChI=1S/C12H19BrN4O2/c1-18-7-3-6-15-12(17-14)16-10-8-9(13)4-5-11(10)19-2/h4-5,8H,3,6-7,14H2,1-2H3,(H2,15,16,17). The number of hydrogen-bond donors (Lipinski definition) is 3. The molecule has 0 heterocycles. The van der Waals surface area contributed by atoms with E-state index in [0.29, 0.717) is 24.9 Å². The molecule has 0 radical (unpaired) electrons. The van der Waals surface area contributed by atoms with Gasteiger partial charge in [0.05, 0.1) is 12.8 Å². The smallest absolute Gasteiger partial charge is 0.210 e. The average molecular weight is 331 g/mol. The van der Waals surface area contributed by atoms with Crippen molar-refractivity contribution in [3.8, 4) is 5.75 Å². The van der Waals surface area contributed by atoms with Crippen LogP contribution in [-0.4, -0.2) is 33.3 Å². The number of nitrogens with one attached hydrogen (secondary N) is 2. The highest BCUT2D eigenvalue weighted by Crippen LogP contribution is 2.27. The van der Waals surface area contributed by atoms with Gasteiger partial charge in [-0.1, -0.05) is 15.9 Å². The van der Waals surface area contributed by atoms with Gasteiger partial charge < -0.3 is 14.8 Å². The van der Waals surface area contributed by atoms with E-state index in [-0.39, 0.29) is 0 Å². The molecule has 0 bridgehead atoms. The molecule has 19 heavy (non-hydrogen) atoms. The number of benzene rings is 1. The Bertz CT molecular complexity index is 426. The van der Waals surface area contributed by atoms with E-state index in [0.717, 1.165) is 16.6 Å². The van der Waals surface area contributed by atoms with Crippen molar-refractivity contribution in [2.45, 2.75) is 6.42 Å². The maximum Gasteiger partial charge on any atom is 0.210 e. The maximum atomic E-state index is 5.44. The molecule has 0 aliphatic rings. The number of halogens is 1. The van der Waals surface area contributed by atoms with Crippen molar-refractivity contribution < 1.29 is 9.47 Å². The van der Waals surface area contributed by atoms with E-state index in [9.17, 15) is 0 Å². The predicted molar refractivity (Wildman–Crippen MR) is 80.4 cm³/mol. The molecule has 0 amide bonds. The largest absolute Gasteiger partial charge is 0.495 e. The monoisotopic (exact) mass is 330 g/mol. The SMILES string of the molecule is COCCCN=C(NN)Nc1cc(Br)ccc1OC. The minimum atomic E-state index is 0.479. The van der Waals surface area contributed by atoms with Crippen molar-refractivity contribution in [1.82, 2.24) is 5.43 Å². The van der Waals surface area contributed by atoms with E-state index in [1.165, 1.54) is 0 Å². The lowest BCUT2D eigenvalue weighted by Crippen LogP contribution is -2.36. The first-order valence-corrected chi connectivity index (χ1v) is 6.61. The summed E-state index contributed by atoms with van der Waals surface area (Å²) in [5.41, 5.74) is 3.30. The first-order valence-electron chi connectivity index (χ1n) is 5.81. The third-order valence-corrected chi connectivity index (χ3v) is 2.82. The van der Waals surface area contributed by atoms with E-state index < -0.39 is 0 Å². The van der Waals surface area contributed by atoms with Crippen LogP contribution < -0.4 is 21.3 Å². The number of nitrogens with zero attached hydrogens (tertiary/aromatic N) is 1. The Balaban J connectivity index is 2.71. The van der Waals surface area contributed by atoms with E-state index in [2.05, 4.69) is 31.7 Å². The minimum Gasteiger partial charge on any atom is -0.495 e. The van der Waals surface area contributed by atoms with E-state index in [1.807, 2.05) is 18.2 Å². The summed E-state index contributed by atoms with van der Waals surface area (Å²) >= 11 is 3.41.